The lowest BCUT2D eigenvalue weighted by atomic mass is 10.1. The zero-order chi connectivity index (χ0) is 13.2. The Morgan fingerprint density at radius 1 is 1.41 bits per heavy atom. The molecule has 0 aliphatic carbocycles. The number of alkyl halides is 4. The molecule has 1 aromatic carbocycles. The molecule has 0 radical (unpaired) electrons. The predicted octanol–water partition coefficient (Wildman–Crippen LogP) is 4.05. The van der Waals surface area contributed by atoms with Gasteiger partial charge in [0.2, 0.25) is 0 Å². The molecule has 0 bridgehead atoms. The molecule has 0 fully saturated rings. The largest absolute Gasteiger partial charge is 0.573 e. The summed E-state index contributed by atoms with van der Waals surface area (Å²) in [5.74, 6) is -1.30. The summed E-state index contributed by atoms with van der Waals surface area (Å²) < 4.78 is 40.0. The number of Topliss-reactive ketones (excluding diaryl/α,β-unsaturated/α-hetero) is 1. The molecule has 0 spiro atoms. The SMILES string of the molecule is CC(Cl)C(=O)c1cc(Cl)ccc1OC(F)(F)F. The maximum absolute atomic E-state index is 12.1. The number of halogens is 5. The van der Waals surface area contributed by atoms with E-state index < -0.39 is 23.3 Å². The van der Waals surface area contributed by atoms with E-state index in [-0.39, 0.29) is 10.6 Å². The summed E-state index contributed by atoms with van der Waals surface area (Å²) in [6, 6.07) is 3.25. The molecule has 1 unspecified atom stereocenters. The van der Waals surface area contributed by atoms with E-state index in [1.165, 1.54) is 13.0 Å². The summed E-state index contributed by atoms with van der Waals surface area (Å²) >= 11 is 11.1. The standard InChI is InChI=1S/C10H7Cl2F3O2/c1-5(11)9(16)7-4-6(12)2-3-8(7)17-10(13,14)15/h2-5H,1H3. The van der Waals surface area contributed by atoms with E-state index in [2.05, 4.69) is 4.74 Å². The van der Waals surface area contributed by atoms with Gasteiger partial charge in [-0.3, -0.25) is 4.79 Å². The summed E-state index contributed by atoms with van der Waals surface area (Å²) in [6.45, 7) is 1.35. The fraction of sp³-hybridized carbons (Fsp3) is 0.300. The second-order valence-electron chi connectivity index (χ2n) is 3.17. The Balaban J connectivity index is 3.17. The minimum absolute atomic E-state index is 0.125. The fourth-order valence-electron chi connectivity index (χ4n) is 1.12. The number of ether oxygens (including phenoxy) is 1. The Kier molecular flexibility index (Phi) is 4.27. The molecule has 0 aromatic heterocycles. The quantitative estimate of drug-likeness (QED) is 0.619. The molecule has 0 aliphatic rings. The molecule has 0 amide bonds. The maximum atomic E-state index is 12.1. The number of hydrogen-bond acceptors (Lipinski definition) is 2. The maximum Gasteiger partial charge on any atom is 0.573 e. The van der Waals surface area contributed by atoms with Gasteiger partial charge in [0.1, 0.15) is 5.75 Å². The van der Waals surface area contributed by atoms with E-state index in [0.29, 0.717) is 0 Å². The fourth-order valence-corrected chi connectivity index (χ4v) is 1.41. The van der Waals surface area contributed by atoms with E-state index in [1.807, 2.05) is 0 Å². The normalized spacial score (nSPS) is 13.3. The van der Waals surface area contributed by atoms with Gasteiger partial charge in [0, 0.05) is 5.02 Å². The van der Waals surface area contributed by atoms with Crippen molar-refractivity contribution >= 4 is 29.0 Å². The van der Waals surface area contributed by atoms with Gasteiger partial charge >= 0.3 is 6.36 Å². The smallest absolute Gasteiger partial charge is 0.405 e. The van der Waals surface area contributed by atoms with Crippen molar-refractivity contribution in [2.24, 2.45) is 0 Å². The Morgan fingerprint density at radius 2 is 2.00 bits per heavy atom. The van der Waals surface area contributed by atoms with E-state index in [0.717, 1.165) is 12.1 Å². The lowest BCUT2D eigenvalue weighted by Gasteiger charge is -2.13. The lowest BCUT2D eigenvalue weighted by Crippen LogP contribution is -2.20. The summed E-state index contributed by atoms with van der Waals surface area (Å²) in [7, 11) is 0. The molecule has 1 aromatic rings. The minimum atomic E-state index is -4.88. The summed E-state index contributed by atoms with van der Waals surface area (Å²) in [5.41, 5.74) is -0.294. The highest BCUT2D eigenvalue weighted by molar-refractivity contribution is 6.35. The van der Waals surface area contributed by atoms with Crippen molar-refractivity contribution in [3.05, 3.63) is 28.8 Å². The molecule has 0 saturated carbocycles. The van der Waals surface area contributed by atoms with Crippen molar-refractivity contribution in [2.45, 2.75) is 18.7 Å². The average molecular weight is 287 g/mol. The molecule has 7 heteroatoms. The number of carbonyl (C=O) groups is 1. The Labute approximate surface area is 105 Å². The minimum Gasteiger partial charge on any atom is -0.405 e. The van der Waals surface area contributed by atoms with E-state index in [9.17, 15) is 18.0 Å². The Hall–Kier alpha value is -0.940. The van der Waals surface area contributed by atoms with Gasteiger partial charge in [-0.2, -0.15) is 0 Å². The molecule has 0 saturated heterocycles. The highest BCUT2D eigenvalue weighted by Crippen LogP contribution is 2.30. The van der Waals surface area contributed by atoms with Crippen LogP contribution in [0.25, 0.3) is 0 Å². The first-order valence-electron chi connectivity index (χ1n) is 4.44. The monoisotopic (exact) mass is 286 g/mol. The van der Waals surface area contributed by atoms with Gasteiger partial charge in [-0.25, -0.2) is 0 Å². The zero-order valence-corrected chi connectivity index (χ0v) is 10.0. The molecule has 1 atom stereocenters. The second-order valence-corrected chi connectivity index (χ2v) is 4.26. The highest BCUT2D eigenvalue weighted by atomic mass is 35.5. The van der Waals surface area contributed by atoms with Crippen molar-refractivity contribution in [3.8, 4) is 5.75 Å². The molecular weight excluding hydrogens is 280 g/mol. The molecule has 17 heavy (non-hydrogen) atoms. The van der Waals surface area contributed by atoms with Crippen LogP contribution < -0.4 is 4.74 Å². The average Bonchev–Trinajstić information content (AvgIpc) is 2.17. The number of hydrogen-bond donors (Lipinski definition) is 0. The molecule has 1 rings (SSSR count). The van der Waals surface area contributed by atoms with Crippen LogP contribution in [0.3, 0.4) is 0 Å². The van der Waals surface area contributed by atoms with Gasteiger partial charge in [0.25, 0.3) is 0 Å². The van der Waals surface area contributed by atoms with Gasteiger partial charge in [-0.15, -0.1) is 24.8 Å². The molecule has 0 aliphatic heterocycles. The van der Waals surface area contributed by atoms with E-state index in [1.54, 1.807) is 0 Å². The molecule has 0 heterocycles. The predicted molar refractivity (Wildman–Crippen MR) is 57.8 cm³/mol. The summed E-state index contributed by atoms with van der Waals surface area (Å²) in [4.78, 5) is 11.6. The number of carbonyl (C=O) groups excluding carboxylic acids is 1. The highest BCUT2D eigenvalue weighted by Gasteiger charge is 2.33. The van der Waals surface area contributed by atoms with Crippen LogP contribution >= 0.6 is 23.2 Å². The number of rotatable bonds is 3. The third-order valence-electron chi connectivity index (χ3n) is 1.79. The van der Waals surface area contributed by atoms with Gasteiger partial charge in [-0.1, -0.05) is 11.6 Å². The van der Waals surface area contributed by atoms with Crippen molar-refractivity contribution in [1.29, 1.82) is 0 Å². The number of benzene rings is 1. The van der Waals surface area contributed by atoms with E-state index >= 15 is 0 Å². The van der Waals surface area contributed by atoms with Crippen molar-refractivity contribution < 1.29 is 22.7 Å². The topological polar surface area (TPSA) is 26.3 Å². The Morgan fingerprint density at radius 3 is 2.47 bits per heavy atom. The van der Waals surface area contributed by atoms with Crippen LogP contribution in [0.5, 0.6) is 5.75 Å². The van der Waals surface area contributed by atoms with Gasteiger partial charge < -0.3 is 4.74 Å². The lowest BCUT2D eigenvalue weighted by molar-refractivity contribution is -0.274. The van der Waals surface area contributed by atoms with Crippen LogP contribution in [0.1, 0.15) is 17.3 Å². The van der Waals surface area contributed by atoms with Crippen molar-refractivity contribution in [2.75, 3.05) is 0 Å². The van der Waals surface area contributed by atoms with Crippen LogP contribution in [-0.2, 0) is 0 Å². The third-order valence-corrected chi connectivity index (χ3v) is 2.23. The first-order chi connectivity index (χ1) is 7.70. The zero-order valence-electron chi connectivity index (χ0n) is 8.52. The number of ketones is 1. The van der Waals surface area contributed by atoms with Crippen LogP contribution in [0, 0.1) is 0 Å². The molecule has 2 nitrogen and oxygen atoms in total. The van der Waals surface area contributed by atoms with Crippen LogP contribution in [-0.4, -0.2) is 17.5 Å². The molecular formula is C10H7Cl2F3O2. The summed E-state index contributed by atoms with van der Waals surface area (Å²) in [5, 5.41) is -0.843. The first-order valence-corrected chi connectivity index (χ1v) is 5.25. The van der Waals surface area contributed by atoms with Crippen LogP contribution in [0.2, 0.25) is 5.02 Å². The molecule has 0 N–H and O–H groups in total. The van der Waals surface area contributed by atoms with Gasteiger partial charge in [0.15, 0.2) is 5.78 Å². The second kappa shape index (κ2) is 5.14. The molecule has 94 valence electrons. The van der Waals surface area contributed by atoms with Crippen LogP contribution in [0.15, 0.2) is 18.2 Å². The first kappa shape index (κ1) is 14.1. The van der Waals surface area contributed by atoms with Crippen molar-refractivity contribution in [1.82, 2.24) is 0 Å². The van der Waals surface area contributed by atoms with Crippen LogP contribution in [0.4, 0.5) is 13.2 Å². The summed E-state index contributed by atoms with van der Waals surface area (Å²) in [6.07, 6.45) is -4.88. The third kappa shape index (κ3) is 4.09. The van der Waals surface area contributed by atoms with Crippen molar-refractivity contribution in [3.63, 3.8) is 0 Å². The Bertz CT molecular complexity index is 430. The van der Waals surface area contributed by atoms with Gasteiger partial charge in [-0.05, 0) is 25.1 Å². The van der Waals surface area contributed by atoms with Gasteiger partial charge in [0.05, 0.1) is 10.9 Å². The van der Waals surface area contributed by atoms with E-state index in [4.69, 9.17) is 23.2 Å².